The van der Waals surface area contributed by atoms with Crippen molar-refractivity contribution in [2.75, 3.05) is 0 Å². The lowest BCUT2D eigenvalue weighted by Gasteiger charge is -2.22. The molecule has 0 aromatic heterocycles. The van der Waals surface area contributed by atoms with Crippen molar-refractivity contribution in [3.8, 4) is 0 Å². The molecule has 1 N–H and O–H groups in total. The molecule has 0 saturated carbocycles. The molecule has 0 aliphatic heterocycles. The number of rotatable bonds is 11. The normalized spacial score (nSPS) is 12.5. The van der Waals surface area contributed by atoms with Crippen LogP contribution in [0.1, 0.15) is 76.0 Å². The smallest absolute Gasteiger partial charge is 0.306 e. The quantitative estimate of drug-likeness (QED) is 0.191. The molecule has 0 aliphatic carbocycles. The highest BCUT2D eigenvalue weighted by atomic mass is 16.5. The third-order valence-electron chi connectivity index (χ3n) is 6.52. The van der Waals surface area contributed by atoms with E-state index in [9.17, 15) is 9.59 Å². The molecule has 0 heterocycles. The van der Waals surface area contributed by atoms with Gasteiger partial charge in [-0.3, -0.25) is 9.59 Å². The van der Waals surface area contributed by atoms with Crippen LogP contribution in [0.25, 0.3) is 32.3 Å². The lowest BCUT2D eigenvalue weighted by Crippen LogP contribution is -2.12. The van der Waals surface area contributed by atoms with E-state index in [0.717, 1.165) is 36.6 Å². The van der Waals surface area contributed by atoms with Gasteiger partial charge in [0.2, 0.25) is 0 Å². The van der Waals surface area contributed by atoms with Crippen molar-refractivity contribution in [3.05, 3.63) is 59.7 Å². The number of benzene rings is 4. The number of carbonyl (C=O) groups is 2. The van der Waals surface area contributed by atoms with E-state index >= 15 is 0 Å². The van der Waals surface area contributed by atoms with Crippen LogP contribution in [-0.2, 0) is 20.7 Å². The zero-order valence-electron chi connectivity index (χ0n) is 19.5. The Morgan fingerprint density at radius 1 is 0.818 bits per heavy atom. The zero-order chi connectivity index (χ0) is 23.4. The zero-order valence-corrected chi connectivity index (χ0v) is 19.5. The van der Waals surface area contributed by atoms with Gasteiger partial charge in [-0.05, 0) is 70.0 Å². The fourth-order valence-corrected chi connectivity index (χ4v) is 4.89. The minimum Gasteiger partial charge on any atom is -0.481 e. The van der Waals surface area contributed by atoms with Gasteiger partial charge in [0.05, 0.1) is 0 Å². The van der Waals surface area contributed by atoms with E-state index in [0.29, 0.717) is 19.3 Å². The highest BCUT2D eigenvalue weighted by Gasteiger charge is 2.21. The highest BCUT2D eigenvalue weighted by molar-refractivity contribution is 6.24. The van der Waals surface area contributed by atoms with E-state index in [1.165, 1.54) is 32.5 Å². The molecule has 0 aliphatic rings. The van der Waals surface area contributed by atoms with Crippen molar-refractivity contribution in [3.63, 3.8) is 0 Å². The van der Waals surface area contributed by atoms with E-state index in [-0.39, 0.29) is 12.4 Å². The third-order valence-corrected chi connectivity index (χ3v) is 6.52. The maximum absolute atomic E-state index is 12.4. The number of ether oxygens (including phenoxy) is 1. The van der Waals surface area contributed by atoms with E-state index < -0.39 is 12.1 Å². The second-order valence-electron chi connectivity index (χ2n) is 8.92. The molecular weight excluding hydrogens is 412 g/mol. The first-order valence-corrected chi connectivity index (χ1v) is 12.1. The van der Waals surface area contributed by atoms with Gasteiger partial charge >= 0.3 is 11.9 Å². The van der Waals surface area contributed by atoms with Crippen molar-refractivity contribution in [1.82, 2.24) is 0 Å². The second kappa shape index (κ2) is 10.2. The summed E-state index contributed by atoms with van der Waals surface area (Å²) < 4.78 is 5.89. The molecule has 4 aromatic carbocycles. The number of carboxylic acids is 1. The first-order valence-electron chi connectivity index (χ1n) is 12.1. The second-order valence-corrected chi connectivity index (χ2v) is 8.92. The summed E-state index contributed by atoms with van der Waals surface area (Å²) in [6.45, 7) is 4.17. The predicted octanol–water partition coefficient (Wildman–Crippen LogP) is 7.57. The lowest BCUT2D eigenvalue weighted by molar-refractivity contribution is -0.149. The van der Waals surface area contributed by atoms with E-state index in [2.05, 4.69) is 49.4 Å². The number of aryl methyl sites for hydroxylation is 1. The Bertz CT molecular complexity index is 1270. The molecule has 4 heteroatoms. The molecule has 0 spiro atoms. The molecule has 1 unspecified atom stereocenters. The van der Waals surface area contributed by atoms with E-state index in [1.807, 2.05) is 13.0 Å². The molecule has 0 bridgehead atoms. The van der Waals surface area contributed by atoms with Crippen LogP contribution in [0, 0.1) is 0 Å². The topological polar surface area (TPSA) is 63.6 Å². The summed E-state index contributed by atoms with van der Waals surface area (Å²) in [7, 11) is 0. The summed E-state index contributed by atoms with van der Waals surface area (Å²) in [4.78, 5) is 23.5. The largest absolute Gasteiger partial charge is 0.481 e. The lowest BCUT2D eigenvalue weighted by atomic mass is 9.87. The first-order chi connectivity index (χ1) is 16.0. The number of unbranched alkanes of at least 4 members (excludes halogenated alkanes) is 1. The summed E-state index contributed by atoms with van der Waals surface area (Å²) in [5.41, 5.74) is 2.34. The maximum Gasteiger partial charge on any atom is 0.306 e. The molecule has 4 nitrogen and oxygen atoms in total. The Morgan fingerprint density at radius 2 is 1.48 bits per heavy atom. The Kier molecular flexibility index (Phi) is 7.12. The summed E-state index contributed by atoms with van der Waals surface area (Å²) in [5, 5.41) is 16.3. The van der Waals surface area contributed by atoms with Crippen molar-refractivity contribution < 1.29 is 19.4 Å². The number of hydrogen-bond donors (Lipinski definition) is 1. The SMILES string of the molecule is CCCCc1ccc2ccc3ccc(C(CCCC(=O)O)OC(=O)CCC)c4ccc1c2c34. The van der Waals surface area contributed by atoms with Crippen LogP contribution < -0.4 is 0 Å². The van der Waals surface area contributed by atoms with Gasteiger partial charge in [0.25, 0.3) is 0 Å². The van der Waals surface area contributed by atoms with Gasteiger partial charge < -0.3 is 9.84 Å². The van der Waals surface area contributed by atoms with Crippen LogP contribution in [-0.4, -0.2) is 17.0 Å². The van der Waals surface area contributed by atoms with Gasteiger partial charge in [0.1, 0.15) is 6.10 Å². The van der Waals surface area contributed by atoms with Gasteiger partial charge in [-0.25, -0.2) is 0 Å². The maximum atomic E-state index is 12.4. The Morgan fingerprint density at radius 3 is 2.18 bits per heavy atom. The molecule has 0 radical (unpaired) electrons. The minimum absolute atomic E-state index is 0.0639. The van der Waals surface area contributed by atoms with Crippen LogP contribution in [0.2, 0.25) is 0 Å². The van der Waals surface area contributed by atoms with E-state index in [4.69, 9.17) is 9.84 Å². The summed E-state index contributed by atoms with van der Waals surface area (Å²) in [5.74, 6) is -1.06. The monoisotopic (exact) mass is 444 g/mol. The summed E-state index contributed by atoms with van der Waals surface area (Å²) in [6, 6.07) is 17.3. The third kappa shape index (κ3) is 4.80. The molecule has 33 heavy (non-hydrogen) atoms. The molecule has 0 saturated heterocycles. The van der Waals surface area contributed by atoms with Crippen LogP contribution in [0.15, 0.2) is 48.5 Å². The summed E-state index contributed by atoms with van der Waals surface area (Å²) in [6.07, 6.45) is 5.03. The van der Waals surface area contributed by atoms with Crippen molar-refractivity contribution >= 4 is 44.3 Å². The van der Waals surface area contributed by atoms with Crippen LogP contribution in [0.5, 0.6) is 0 Å². The Balaban J connectivity index is 1.85. The fraction of sp³-hybridized carbons (Fsp3) is 0.379. The van der Waals surface area contributed by atoms with Crippen LogP contribution in [0.3, 0.4) is 0 Å². The van der Waals surface area contributed by atoms with E-state index in [1.54, 1.807) is 0 Å². The Labute approximate surface area is 194 Å². The molecular formula is C29H32O4. The standard InChI is InChI=1S/C29H32O4/c1-3-5-8-19-11-12-20-13-14-21-15-16-23(24-18-17-22(19)28(20)29(21)24)25(9-6-10-26(30)31)33-27(32)7-4-2/h11-18,25H,3-10H2,1-2H3,(H,30,31). The molecule has 172 valence electrons. The predicted molar refractivity (Wildman–Crippen MR) is 134 cm³/mol. The first kappa shape index (κ1) is 23.0. The molecule has 4 rings (SSSR count). The minimum atomic E-state index is -0.830. The average Bonchev–Trinajstić information content (AvgIpc) is 2.80. The van der Waals surface area contributed by atoms with Gasteiger partial charge in [0.15, 0.2) is 0 Å². The van der Waals surface area contributed by atoms with Crippen molar-refractivity contribution in [2.45, 2.75) is 71.3 Å². The van der Waals surface area contributed by atoms with Gasteiger partial charge in [-0.15, -0.1) is 0 Å². The van der Waals surface area contributed by atoms with Crippen molar-refractivity contribution in [1.29, 1.82) is 0 Å². The van der Waals surface area contributed by atoms with Gasteiger partial charge in [0, 0.05) is 18.4 Å². The van der Waals surface area contributed by atoms with Crippen LogP contribution >= 0.6 is 0 Å². The molecule has 1 atom stereocenters. The van der Waals surface area contributed by atoms with Gasteiger partial charge in [-0.2, -0.15) is 0 Å². The fourth-order valence-electron chi connectivity index (χ4n) is 4.89. The van der Waals surface area contributed by atoms with Crippen LogP contribution in [0.4, 0.5) is 0 Å². The molecule has 4 aromatic rings. The number of carbonyl (C=O) groups excluding carboxylic acids is 1. The number of carboxylic acid groups (broad SMARTS) is 1. The average molecular weight is 445 g/mol. The van der Waals surface area contributed by atoms with Gasteiger partial charge in [-0.1, -0.05) is 68.8 Å². The highest BCUT2D eigenvalue weighted by Crippen LogP contribution is 2.40. The Hall–Kier alpha value is -3.14. The molecule has 0 amide bonds. The number of esters is 1. The number of hydrogen-bond acceptors (Lipinski definition) is 3. The van der Waals surface area contributed by atoms with Crippen molar-refractivity contribution in [2.24, 2.45) is 0 Å². The molecule has 0 fully saturated rings. The summed E-state index contributed by atoms with van der Waals surface area (Å²) >= 11 is 0. The number of aliphatic carboxylic acids is 1.